The quantitative estimate of drug-likeness (QED) is 0.531. The lowest BCUT2D eigenvalue weighted by molar-refractivity contribution is 0.104. The Hall–Kier alpha value is -2.03. The zero-order valence-electron chi connectivity index (χ0n) is 7.27. The molecule has 0 bridgehead atoms. The zero-order chi connectivity index (χ0) is 9.54. The van der Waals surface area contributed by atoms with Crippen LogP contribution in [0, 0.1) is 0 Å². The summed E-state index contributed by atoms with van der Waals surface area (Å²) in [6, 6.07) is 5.40. The molecule has 14 heavy (non-hydrogen) atoms. The van der Waals surface area contributed by atoms with Gasteiger partial charge in [-0.25, -0.2) is 0 Å². The van der Waals surface area contributed by atoms with Gasteiger partial charge < -0.3 is 0 Å². The highest BCUT2D eigenvalue weighted by molar-refractivity contribution is 6.20. The summed E-state index contributed by atoms with van der Waals surface area (Å²) in [5.41, 5.74) is 2.99. The molecule has 1 aliphatic rings. The summed E-state index contributed by atoms with van der Waals surface area (Å²) in [5, 5.41) is 0. The van der Waals surface area contributed by atoms with Gasteiger partial charge >= 0.3 is 0 Å². The minimum Gasteiger partial charge on any atom is -0.288 e. The Morgan fingerprint density at radius 1 is 1.00 bits per heavy atom. The van der Waals surface area contributed by atoms with Crippen molar-refractivity contribution in [2.24, 2.45) is 0 Å². The molecule has 2 aromatic rings. The third kappa shape index (κ3) is 0.785. The fourth-order valence-corrected chi connectivity index (χ4v) is 1.73. The molecule has 3 heteroatoms. The number of rotatable bonds is 0. The smallest absolute Gasteiger partial charge is 0.197 e. The first-order valence-corrected chi connectivity index (χ1v) is 4.32. The number of pyridine rings is 2. The normalized spacial score (nSPS) is 12.4. The monoisotopic (exact) mass is 182 g/mol. The predicted octanol–water partition coefficient (Wildman–Crippen LogP) is 1.69. The Morgan fingerprint density at radius 3 is 2.86 bits per heavy atom. The molecule has 0 fully saturated rings. The lowest BCUT2D eigenvalue weighted by Gasteiger charge is -1.95. The average Bonchev–Trinajstić information content (AvgIpc) is 2.55. The second-order valence-electron chi connectivity index (χ2n) is 3.15. The molecule has 0 saturated carbocycles. The highest BCUT2D eigenvalue weighted by Crippen LogP contribution is 2.33. The van der Waals surface area contributed by atoms with E-state index in [-0.39, 0.29) is 5.78 Å². The molecule has 1 aliphatic carbocycles. The van der Waals surface area contributed by atoms with Gasteiger partial charge in [-0.1, -0.05) is 0 Å². The first kappa shape index (κ1) is 7.38. The van der Waals surface area contributed by atoms with Crippen LogP contribution in [0.5, 0.6) is 0 Å². The third-order valence-corrected chi connectivity index (χ3v) is 2.37. The van der Waals surface area contributed by atoms with Gasteiger partial charge in [-0.15, -0.1) is 0 Å². The van der Waals surface area contributed by atoms with Gasteiger partial charge in [-0.3, -0.25) is 14.8 Å². The molecule has 2 heterocycles. The van der Waals surface area contributed by atoms with Crippen LogP contribution < -0.4 is 0 Å². The fraction of sp³-hybridized carbons (Fsp3) is 0. The van der Waals surface area contributed by atoms with E-state index >= 15 is 0 Å². The number of hydrogen-bond acceptors (Lipinski definition) is 3. The van der Waals surface area contributed by atoms with Crippen molar-refractivity contribution in [3.8, 4) is 11.3 Å². The summed E-state index contributed by atoms with van der Waals surface area (Å²) in [7, 11) is 0. The first-order valence-electron chi connectivity index (χ1n) is 4.32. The minimum absolute atomic E-state index is 0.0243. The first-order chi connectivity index (χ1) is 6.88. The molecule has 3 nitrogen and oxygen atoms in total. The van der Waals surface area contributed by atoms with E-state index in [1.54, 1.807) is 30.7 Å². The van der Waals surface area contributed by atoms with E-state index in [1.165, 1.54) is 0 Å². The summed E-state index contributed by atoms with van der Waals surface area (Å²) in [4.78, 5) is 20.0. The SMILES string of the molecule is O=C1c2cnccc2-c2ncccc21. The topological polar surface area (TPSA) is 42.9 Å². The van der Waals surface area contributed by atoms with Crippen LogP contribution in [0.2, 0.25) is 0 Å². The van der Waals surface area contributed by atoms with Gasteiger partial charge in [0.1, 0.15) is 0 Å². The maximum Gasteiger partial charge on any atom is 0.197 e. The van der Waals surface area contributed by atoms with Gasteiger partial charge in [0, 0.05) is 29.7 Å². The molecule has 0 N–H and O–H groups in total. The van der Waals surface area contributed by atoms with Crippen LogP contribution in [0.1, 0.15) is 15.9 Å². The lowest BCUT2D eigenvalue weighted by atomic mass is 10.2. The molecule has 2 aromatic heterocycles. The summed E-state index contributed by atoms with van der Waals surface area (Å²) in [6.45, 7) is 0. The highest BCUT2D eigenvalue weighted by atomic mass is 16.1. The van der Waals surface area contributed by atoms with Gasteiger partial charge in [-0.05, 0) is 18.2 Å². The molecular weight excluding hydrogens is 176 g/mol. The van der Waals surface area contributed by atoms with Crippen molar-refractivity contribution in [1.82, 2.24) is 9.97 Å². The van der Waals surface area contributed by atoms with Crippen molar-refractivity contribution >= 4 is 5.78 Å². The van der Waals surface area contributed by atoms with Crippen molar-refractivity contribution < 1.29 is 4.79 Å². The summed E-state index contributed by atoms with van der Waals surface area (Å²) in [6.07, 6.45) is 4.97. The predicted molar refractivity (Wildman–Crippen MR) is 50.9 cm³/mol. The van der Waals surface area contributed by atoms with Crippen LogP contribution >= 0.6 is 0 Å². The molecule has 0 radical (unpaired) electrons. The molecular formula is C11H6N2O. The number of ketones is 1. The summed E-state index contributed by atoms with van der Waals surface area (Å²) >= 11 is 0. The Labute approximate surface area is 80.4 Å². The number of fused-ring (bicyclic) bond motifs is 3. The van der Waals surface area contributed by atoms with Crippen LogP contribution in [0.15, 0.2) is 36.8 Å². The molecule has 0 atom stereocenters. The van der Waals surface area contributed by atoms with Gasteiger partial charge in [0.25, 0.3) is 0 Å². The van der Waals surface area contributed by atoms with Crippen molar-refractivity contribution in [3.63, 3.8) is 0 Å². The summed E-state index contributed by atoms with van der Waals surface area (Å²) < 4.78 is 0. The molecule has 0 spiro atoms. The van der Waals surface area contributed by atoms with Crippen molar-refractivity contribution in [1.29, 1.82) is 0 Å². The molecule has 3 rings (SSSR count). The van der Waals surface area contributed by atoms with E-state index in [0.29, 0.717) is 11.1 Å². The van der Waals surface area contributed by atoms with E-state index < -0.39 is 0 Å². The van der Waals surface area contributed by atoms with E-state index in [1.807, 2.05) is 6.07 Å². The van der Waals surface area contributed by atoms with E-state index in [9.17, 15) is 4.79 Å². The molecule has 66 valence electrons. The maximum atomic E-state index is 11.8. The number of carbonyl (C=O) groups excluding carboxylic acids is 1. The molecule has 0 amide bonds. The lowest BCUT2D eigenvalue weighted by Crippen LogP contribution is -1.94. The van der Waals surface area contributed by atoms with Crippen molar-refractivity contribution in [2.45, 2.75) is 0 Å². The molecule has 0 aliphatic heterocycles. The molecule has 0 saturated heterocycles. The third-order valence-electron chi connectivity index (χ3n) is 2.37. The fourth-order valence-electron chi connectivity index (χ4n) is 1.73. The standard InChI is InChI=1S/C11H6N2O/c14-11-8-2-1-4-13-10(8)7-3-5-12-6-9(7)11/h1-6H. The largest absolute Gasteiger partial charge is 0.288 e. The van der Waals surface area contributed by atoms with Gasteiger partial charge in [0.15, 0.2) is 5.78 Å². The van der Waals surface area contributed by atoms with Crippen LogP contribution in [0.25, 0.3) is 11.3 Å². The van der Waals surface area contributed by atoms with Crippen LogP contribution in [0.4, 0.5) is 0 Å². The number of hydrogen-bond donors (Lipinski definition) is 0. The Kier molecular flexibility index (Phi) is 1.31. The van der Waals surface area contributed by atoms with Crippen molar-refractivity contribution in [3.05, 3.63) is 47.9 Å². The van der Waals surface area contributed by atoms with Gasteiger partial charge in [0.05, 0.1) is 11.3 Å². The molecule has 0 unspecified atom stereocenters. The van der Waals surface area contributed by atoms with Crippen molar-refractivity contribution in [2.75, 3.05) is 0 Å². The Balaban J connectivity index is 2.42. The van der Waals surface area contributed by atoms with E-state index in [0.717, 1.165) is 11.3 Å². The Bertz CT molecular complexity index is 487. The van der Waals surface area contributed by atoms with Gasteiger partial charge in [-0.2, -0.15) is 0 Å². The maximum absolute atomic E-state index is 11.8. The van der Waals surface area contributed by atoms with Gasteiger partial charge in [0.2, 0.25) is 0 Å². The minimum atomic E-state index is 0.0243. The number of carbonyl (C=O) groups is 1. The average molecular weight is 182 g/mol. The van der Waals surface area contributed by atoms with E-state index in [2.05, 4.69) is 9.97 Å². The van der Waals surface area contributed by atoms with Crippen LogP contribution in [0.3, 0.4) is 0 Å². The van der Waals surface area contributed by atoms with Crippen LogP contribution in [-0.4, -0.2) is 15.8 Å². The summed E-state index contributed by atoms with van der Waals surface area (Å²) in [5.74, 6) is 0.0243. The number of aromatic nitrogens is 2. The van der Waals surface area contributed by atoms with E-state index in [4.69, 9.17) is 0 Å². The Morgan fingerprint density at radius 2 is 1.93 bits per heavy atom. The van der Waals surface area contributed by atoms with Crippen LogP contribution in [-0.2, 0) is 0 Å². The highest BCUT2D eigenvalue weighted by Gasteiger charge is 2.26. The number of nitrogens with zero attached hydrogens (tertiary/aromatic N) is 2. The zero-order valence-corrected chi connectivity index (χ0v) is 7.27. The second kappa shape index (κ2) is 2.48. The second-order valence-corrected chi connectivity index (χ2v) is 3.15. The molecule has 0 aromatic carbocycles.